The Morgan fingerprint density at radius 3 is 0.694 bits per heavy atom. The molecule has 0 radical (unpaired) electrons. The third kappa shape index (κ3) is 72.4. The molecule has 17 nitrogen and oxygen atoms in total. The number of hydrogen-bond donors (Lipinski definition) is 3. The quantitative estimate of drug-likeness (QED) is 0.0222. The topological polar surface area (TPSA) is 237 Å². The maximum Gasteiger partial charge on any atom is 0.472 e. The van der Waals surface area contributed by atoms with Gasteiger partial charge in [-0.05, 0) is 31.6 Å². The van der Waals surface area contributed by atoms with E-state index in [2.05, 4.69) is 34.6 Å². The second-order valence-electron chi connectivity index (χ2n) is 28.9. The molecule has 2 unspecified atom stereocenters. The Morgan fingerprint density at radius 1 is 0.276 bits per heavy atom. The molecule has 3 N–H and O–H groups in total. The summed E-state index contributed by atoms with van der Waals surface area (Å²) in [5.41, 5.74) is 0. The Kier molecular flexibility index (Phi) is 70.6. The summed E-state index contributed by atoms with van der Waals surface area (Å²) in [6.45, 7) is 7.35. The molecule has 0 saturated carbocycles. The fourth-order valence-electron chi connectivity index (χ4n) is 12.2. The molecule has 582 valence electrons. The lowest BCUT2D eigenvalue weighted by Gasteiger charge is -2.21. The van der Waals surface area contributed by atoms with Gasteiger partial charge < -0.3 is 33.8 Å². The highest BCUT2D eigenvalue weighted by molar-refractivity contribution is 7.47. The van der Waals surface area contributed by atoms with Crippen LogP contribution in [0.2, 0.25) is 0 Å². The third-order valence-corrected chi connectivity index (χ3v) is 20.4. The minimum atomic E-state index is -4.96. The second-order valence-corrected chi connectivity index (χ2v) is 31.8. The lowest BCUT2D eigenvalue weighted by molar-refractivity contribution is -0.161. The van der Waals surface area contributed by atoms with Crippen LogP contribution in [0.1, 0.15) is 420 Å². The molecule has 98 heavy (non-hydrogen) atoms. The summed E-state index contributed by atoms with van der Waals surface area (Å²) < 4.78 is 68.7. The number of rotatable bonds is 79. The van der Waals surface area contributed by atoms with Crippen LogP contribution < -0.4 is 0 Å². The number of ether oxygens (including phenoxy) is 4. The van der Waals surface area contributed by atoms with Crippen molar-refractivity contribution in [1.29, 1.82) is 0 Å². The van der Waals surface area contributed by atoms with E-state index in [-0.39, 0.29) is 25.7 Å². The van der Waals surface area contributed by atoms with Crippen molar-refractivity contribution in [1.82, 2.24) is 0 Å². The summed E-state index contributed by atoms with van der Waals surface area (Å²) in [4.78, 5) is 73.0. The second kappa shape index (κ2) is 72.0. The summed E-state index contributed by atoms with van der Waals surface area (Å²) in [5.74, 6) is -1.31. The lowest BCUT2D eigenvalue weighted by Crippen LogP contribution is -2.30. The molecule has 0 aliphatic rings. The largest absolute Gasteiger partial charge is 0.472 e. The van der Waals surface area contributed by atoms with E-state index in [1.54, 1.807) is 0 Å². The number of phosphoric ester groups is 2. The minimum absolute atomic E-state index is 0.108. The molecular formula is C79H154O17P2. The Hall–Kier alpha value is -1.94. The molecule has 0 saturated heterocycles. The molecule has 5 atom stereocenters. The van der Waals surface area contributed by atoms with Gasteiger partial charge in [0.2, 0.25) is 0 Å². The standard InChI is InChI=1S/C79H154O17P2/c1-6-9-12-15-18-21-24-27-33-38-43-48-53-58-63-77(82)90-69-75(96-79(84)65-60-55-50-45-40-35-30-29-32-36-41-46-51-56-61-72(4)5)71-94-98(87,88)92-67-73(80)66-91-97(85,86)93-70-74(68-89-76(81)62-57-52-47-42-37-31-26-23-20-17-14-11-8-3)95-78(83)64-59-54-49-44-39-34-28-25-22-19-16-13-10-7-2/h72-75,80H,6-71H2,1-5H3,(H,85,86)(H,87,88)/t73-,74+,75+/m0/s1. The molecule has 0 amide bonds. The first-order chi connectivity index (χ1) is 47.5. The van der Waals surface area contributed by atoms with E-state index >= 15 is 0 Å². The molecule has 0 fully saturated rings. The van der Waals surface area contributed by atoms with Gasteiger partial charge in [0.1, 0.15) is 19.3 Å². The van der Waals surface area contributed by atoms with Crippen molar-refractivity contribution in [2.45, 2.75) is 438 Å². The number of carbonyl (C=O) groups excluding carboxylic acids is 4. The molecule has 0 rings (SSSR count). The number of aliphatic hydroxyl groups is 1. The molecule has 0 aromatic carbocycles. The predicted molar refractivity (Wildman–Crippen MR) is 400 cm³/mol. The van der Waals surface area contributed by atoms with Crippen LogP contribution in [0.3, 0.4) is 0 Å². The highest BCUT2D eigenvalue weighted by Gasteiger charge is 2.30. The Balaban J connectivity index is 5.26. The zero-order chi connectivity index (χ0) is 71.9. The van der Waals surface area contributed by atoms with E-state index in [9.17, 15) is 43.2 Å². The fraction of sp³-hybridized carbons (Fsp3) is 0.949. The van der Waals surface area contributed by atoms with Crippen molar-refractivity contribution in [3.63, 3.8) is 0 Å². The summed E-state index contributed by atoms with van der Waals surface area (Å²) >= 11 is 0. The van der Waals surface area contributed by atoms with Crippen LogP contribution in [-0.2, 0) is 65.4 Å². The van der Waals surface area contributed by atoms with Crippen LogP contribution >= 0.6 is 15.6 Å². The number of esters is 4. The van der Waals surface area contributed by atoms with Gasteiger partial charge in [0.15, 0.2) is 12.2 Å². The van der Waals surface area contributed by atoms with Crippen LogP contribution in [0.5, 0.6) is 0 Å². The number of hydrogen-bond acceptors (Lipinski definition) is 15. The van der Waals surface area contributed by atoms with Gasteiger partial charge in [0.25, 0.3) is 0 Å². The first-order valence-electron chi connectivity index (χ1n) is 41.1. The first-order valence-corrected chi connectivity index (χ1v) is 44.1. The van der Waals surface area contributed by atoms with Crippen molar-refractivity contribution in [2.24, 2.45) is 5.92 Å². The molecule has 0 aliphatic heterocycles. The van der Waals surface area contributed by atoms with Crippen molar-refractivity contribution < 1.29 is 80.2 Å². The van der Waals surface area contributed by atoms with Gasteiger partial charge in [-0.25, -0.2) is 9.13 Å². The van der Waals surface area contributed by atoms with E-state index in [0.29, 0.717) is 25.7 Å². The molecule has 0 aromatic rings. The average molecular weight is 1440 g/mol. The van der Waals surface area contributed by atoms with Crippen LogP contribution in [0.15, 0.2) is 0 Å². The van der Waals surface area contributed by atoms with E-state index in [4.69, 9.17) is 37.0 Å². The lowest BCUT2D eigenvalue weighted by atomic mass is 10.0. The molecule has 0 aromatic heterocycles. The van der Waals surface area contributed by atoms with Gasteiger partial charge in [0, 0.05) is 25.7 Å². The molecular weight excluding hydrogens is 1280 g/mol. The smallest absolute Gasteiger partial charge is 0.462 e. The molecule has 0 aliphatic carbocycles. The monoisotopic (exact) mass is 1440 g/mol. The van der Waals surface area contributed by atoms with Gasteiger partial charge in [-0.1, -0.05) is 369 Å². The third-order valence-electron chi connectivity index (χ3n) is 18.5. The van der Waals surface area contributed by atoms with Crippen LogP contribution in [-0.4, -0.2) is 96.7 Å². The molecule has 19 heteroatoms. The highest BCUT2D eigenvalue weighted by Crippen LogP contribution is 2.45. The van der Waals surface area contributed by atoms with E-state index in [0.717, 1.165) is 95.8 Å². The number of aliphatic hydroxyl groups excluding tert-OH is 1. The summed E-state index contributed by atoms with van der Waals surface area (Å²) in [5, 5.41) is 10.6. The molecule has 0 heterocycles. The van der Waals surface area contributed by atoms with Gasteiger partial charge in [-0.2, -0.15) is 0 Å². The maximum atomic E-state index is 13.1. The molecule has 0 spiro atoms. The van der Waals surface area contributed by atoms with E-state index in [1.807, 2.05) is 0 Å². The van der Waals surface area contributed by atoms with Gasteiger partial charge in [0.05, 0.1) is 26.4 Å². The first kappa shape index (κ1) is 96.1. The highest BCUT2D eigenvalue weighted by atomic mass is 31.2. The maximum absolute atomic E-state index is 13.1. The Bertz CT molecular complexity index is 1870. The Morgan fingerprint density at radius 2 is 0.469 bits per heavy atom. The van der Waals surface area contributed by atoms with Crippen molar-refractivity contribution >= 4 is 39.5 Å². The van der Waals surface area contributed by atoms with Crippen LogP contribution in [0.4, 0.5) is 0 Å². The molecule has 0 bridgehead atoms. The predicted octanol–water partition coefficient (Wildman–Crippen LogP) is 23.6. The Labute approximate surface area is 600 Å². The summed E-state index contributed by atoms with van der Waals surface area (Å²) in [6, 6.07) is 0. The van der Waals surface area contributed by atoms with Crippen LogP contribution in [0, 0.1) is 5.92 Å². The van der Waals surface area contributed by atoms with Crippen molar-refractivity contribution in [3.8, 4) is 0 Å². The van der Waals surface area contributed by atoms with E-state index < -0.39 is 97.5 Å². The zero-order valence-electron chi connectivity index (χ0n) is 63.9. The van der Waals surface area contributed by atoms with Gasteiger partial charge >= 0.3 is 39.5 Å². The average Bonchev–Trinajstić information content (AvgIpc) is 1.65. The number of phosphoric acid groups is 2. The fourth-order valence-corrected chi connectivity index (χ4v) is 13.8. The number of unbranched alkanes of at least 4 members (excludes halogenated alkanes) is 51. The van der Waals surface area contributed by atoms with Crippen LogP contribution in [0.25, 0.3) is 0 Å². The normalized spacial score (nSPS) is 13.9. The van der Waals surface area contributed by atoms with Gasteiger partial charge in [-0.3, -0.25) is 37.3 Å². The van der Waals surface area contributed by atoms with Crippen molar-refractivity contribution in [3.05, 3.63) is 0 Å². The summed E-state index contributed by atoms with van der Waals surface area (Å²) in [6.07, 6.45) is 62.2. The zero-order valence-corrected chi connectivity index (χ0v) is 65.7. The minimum Gasteiger partial charge on any atom is -0.462 e. The summed E-state index contributed by atoms with van der Waals surface area (Å²) in [7, 11) is -9.92. The number of carbonyl (C=O) groups is 4. The van der Waals surface area contributed by atoms with E-state index in [1.165, 1.54) is 244 Å². The SMILES string of the molecule is CCCCCCCCCCCCCCCCC(=O)OC[C@H](COP(=O)(O)OC[C@@H](O)COP(=O)(O)OC[C@@H](COC(=O)CCCCCCCCCCCCCCC)OC(=O)CCCCCCCCCCCCCCCC)OC(=O)CCCCCCCCCCCCCCCCC(C)C. The van der Waals surface area contributed by atoms with Crippen molar-refractivity contribution in [2.75, 3.05) is 39.6 Å². The van der Waals surface area contributed by atoms with Gasteiger partial charge in [-0.15, -0.1) is 0 Å².